The van der Waals surface area contributed by atoms with E-state index in [1.807, 2.05) is 48.5 Å². The molecule has 0 bridgehead atoms. The highest BCUT2D eigenvalue weighted by molar-refractivity contribution is 8.77. The molecular formula is C21H22N2O6S2. The molecule has 0 saturated heterocycles. The van der Waals surface area contributed by atoms with Gasteiger partial charge in [0, 0.05) is 11.7 Å². The zero-order valence-corrected chi connectivity index (χ0v) is 18.0. The molecule has 1 unspecified atom stereocenters. The molecule has 3 atom stereocenters. The van der Waals surface area contributed by atoms with Crippen LogP contribution in [-0.4, -0.2) is 57.8 Å². The van der Waals surface area contributed by atoms with Crippen LogP contribution in [0, 0.1) is 0 Å². The number of esters is 1. The van der Waals surface area contributed by atoms with Crippen LogP contribution in [0.1, 0.15) is 17.0 Å². The van der Waals surface area contributed by atoms with Gasteiger partial charge in [-0.05, 0) is 22.3 Å². The van der Waals surface area contributed by atoms with Gasteiger partial charge in [0.05, 0.1) is 0 Å². The first-order chi connectivity index (χ1) is 14.8. The molecule has 0 saturated carbocycles. The molecule has 164 valence electrons. The number of hydrogen-bond donors (Lipinski definition) is 4. The van der Waals surface area contributed by atoms with Gasteiger partial charge in [-0.1, -0.05) is 70.1 Å². The van der Waals surface area contributed by atoms with Gasteiger partial charge in [-0.25, -0.2) is 0 Å². The number of rotatable bonds is 10. The van der Waals surface area contributed by atoms with E-state index >= 15 is 0 Å². The van der Waals surface area contributed by atoms with Crippen molar-refractivity contribution in [2.45, 2.75) is 23.3 Å². The Morgan fingerprint density at radius 3 is 2.00 bits per heavy atom. The van der Waals surface area contributed by atoms with Gasteiger partial charge in [0.15, 0.2) is 0 Å². The summed E-state index contributed by atoms with van der Waals surface area (Å²) in [5, 5.41) is 16.9. The van der Waals surface area contributed by atoms with Crippen LogP contribution in [0.4, 0.5) is 0 Å². The first-order valence-corrected chi connectivity index (χ1v) is 11.8. The van der Waals surface area contributed by atoms with Crippen molar-refractivity contribution in [2.75, 3.05) is 12.4 Å². The van der Waals surface area contributed by atoms with E-state index in [-0.39, 0.29) is 18.3 Å². The van der Waals surface area contributed by atoms with Gasteiger partial charge in [-0.3, -0.25) is 14.4 Å². The lowest BCUT2D eigenvalue weighted by atomic mass is 9.98. The van der Waals surface area contributed by atoms with E-state index in [2.05, 4.69) is 0 Å². The zero-order valence-electron chi connectivity index (χ0n) is 16.3. The van der Waals surface area contributed by atoms with Crippen molar-refractivity contribution in [1.82, 2.24) is 0 Å². The van der Waals surface area contributed by atoms with Crippen molar-refractivity contribution in [1.29, 1.82) is 0 Å². The molecule has 0 aliphatic heterocycles. The Bertz CT molecular complexity index is 940. The van der Waals surface area contributed by atoms with Gasteiger partial charge in [0.2, 0.25) is 0 Å². The molecule has 0 fully saturated rings. The van der Waals surface area contributed by atoms with Crippen molar-refractivity contribution in [3.63, 3.8) is 0 Å². The fraction of sp³-hybridized carbons (Fsp3) is 0.286. The standard InChI is InChI=1S/C21H22N2O6S2/c22-16(19(24)25)10-30-31-18(17(23)20(26)27)21(28)29-9-15-13-7-3-1-5-11(13)12-6-2-4-8-14(12)15/h1-8,15-18H,9-10,22-23H2,(H,24,25)(H,26,27)/t16-,17-,18?/m0/s1. The normalized spacial score (nSPS) is 15.4. The second-order valence-corrected chi connectivity index (χ2v) is 9.52. The Labute approximate surface area is 186 Å². The first kappa shape index (κ1) is 23.1. The number of aliphatic carboxylic acids is 2. The van der Waals surface area contributed by atoms with Crippen molar-refractivity contribution >= 4 is 39.5 Å². The summed E-state index contributed by atoms with van der Waals surface area (Å²) in [4.78, 5) is 34.9. The maximum atomic E-state index is 12.7. The van der Waals surface area contributed by atoms with Crippen molar-refractivity contribution < 1.29 is 29.3 Å². The van der Waals surface area contributed by atoms with Crippen molar-refractivity contribution in [3.8, 4) is 11.1 Å². The van der Waals surface area contributed by atoms with Crippen LogP contribution in [-0.2, 0) is 19.1 Å². The number of carboxylic acid groups (broad SMARTS) is 2. The predicted octanol–water partition coefficient (Wildman–Crippen LogP) is 1.92. The Morgan fingerprint density at radius 1 is 0.935 bits per heavy atom. The second-order valence-electron chi connectivity index (χ2n) is 6.97. The summed E-state index contributed by atoms with van der Waals surface area (Å²) in [6.45, 7) is 0.0373. The van der Waals surface area contributed by atoms with E-state index in [1.165, 1.54) is 0 Å². The summed E-state index contributed by atoms with van der Waals surface area (Å²) >= 11 is 0. The SMILES string of the molecule is N[C@H](C(=O)O)C(SSC[C@H](N)C(=O)O)C(=O)OCC1c2ccccc2-c2ccccc21. The minimum absolute atomic E-state index is 0.0144. The maximum absolute atomic E-state index is 12.7. The highest BCUT2D eigenvalue weighted by atomic mass is 33.1. The minimum atomic E-state index is -1.51. The molecule has 31 heavy (non-hydrogen) atoms. The lowest BCUT2D eigenvalue weighted by molar-refractivity contribution is -0.148. The average molecular weight is 463 g/mol. The molecule has 0 spiro atoms. The maximum Gasteiger partial charge on any atom is 0.322 e. The number of benzene rings is 2. The molecule has 1 aliphatic carbocycles. The number of nitrogens with two attached hydrogens (primary N) is 2. The van der Waals surface area contributed by atoms with Crippen LogP contribution in [0.5, 0.6) is 0 Å². The number of fused-ring (bicyclic) bond motifs is 3. The molecule has 8 nitrogen and oxygen atoms in total. The van der Waals surface area contributed by atoms with Crippen LogP contribution in [0.15, 0.2) is 48.5 Å². The molecule has 3 rings (SSSR count). The van der Waals surface area contributed by atoms with E-state index in [4.69, 9.17) is 21.3 Å². The summed E-state index contributed by atoms with van der Waals surface area (Å²) in [5.41, 5.74) is 15.4. The quantitative estimate of drug-likeness (QED) is 0.304. The molecule has 0 aromatic heterocycles. The van der Waals surface area contributed by atoms with Gasteiger partial charge in [-0.15, -0.1) is 0 Å². The molecule has 0 amide bonds. The summed E-state index contributed by atoms with van der Waals surface area (Å²) in [6.07, 6.45) is 0. The summed E-state index contributed by atoms with van der Waals surface area (Å²) in [6, 6.07) is 13.1. The number of carboxylic acids is 2. The van der Waals surface area contributed by atoms with Gasteiger partial charge < -0.3 is 26.4 Å². The zero-order chi connectivity index (χ0) is 22.5. The largest absolute Gasteiger partial charge is 0.480 e. The molecular weight excluding hydrogens is 440 g/mol. The molecule has 6 N–H and O–H groups in total. The van der Waals surface area contributed by atoms with Crippen LogP contribution in [0.25, 0.3) is 11.1 Å². The van der Waals surface area contributed by atoms with Crippen LogP contribution in [0.2, 0.25) is 0 Å². The average Bonchev–Trinajstić information content (AvgIpc) is 3.08. The third-order valence-corrected chi connectivity index (χ3v) is 7.70. The number of carbonyl (C=O) groups excluding carboxylic acids is 1. The molecule has 10 heteroatoms. The minimum Gasteiger partial charge on any atom is -0.480 e. The van der Waals surface area contributed by atoms with Gasteiger partial charge in [-0.2, -0.15) is 0 Å². The van der Waals surface area contributed by atoms with Crippen LogP contribution >= 0.6 is 21.6 Å². The summed E-state index contributed by atoms with van der Waals surface area (Å²) in [7, 11) is 1.83. The summed E-state index contributed by atoms with van der Waals surface area (Å²) < 4.78 is 5.51. The fourth-order valence-electron chi connectivity index (χ4n) is 3.32. The highest BCUT2D eigenvalue weighted by Crippen LogP contribution is 2.44. The van der Waals surface area contributed by atoms with Gasteiger partial charge in [0.25, 0.3) is 0 Å². The molecule has 1 aliphatic rings. The van der Waals surface area contributed by atoms with E-state index in [1.54, 1.807) is 0 Å². The molecule has 2 aromatic rings. The van der Waals surface area contributed by atoms with Crippen LogP contribution in [0.3, 0.4) is 0 Å². The Morgan fingerprint density at radius 2 is 1.48 bits per heavy atom. The second kappa shape index (κ2) is 10.2. The highest BCUT2D eigenvalue weighted by Gasteiger charge is 2.35. The van der Waals surface area contributed by atoms with E-state index in [9.17, 15) is 19.5 Å². The fourth-order valence-corrected chi connectivity index (χ4v) is 5.93. The monoisotopic (exact) mass is 462 g/mol. The smallest absolute Gasteiger partial charge is 0.322 e. The Kier molecular flexibility index (Phi) is 7.60. The third kappa shape index (κ3) is 5.21. The number of carbonyl (C=O) groups is 3. The molecule has 0 heterocycles. The van der Waals surface area contributed by atoms with E-state index in [0.717, 1.165) is 43.8 Å². The van der Waals surface area contributed by atoms with E-state index in [0.29, 0.717) is 0 Å². The van der Waals surface area contributed by atoms with Gasteiger partial charge in [0.1, 0.15) is 23.9 Å². The number of ether oxygens (including phenoxy) is 1. The lowest BCUT2D eigenvalue weighted by Gasteiger charge is -2.21. The van der Waals surface area contributed by atoms with E-state index < -0.39 is 35.2 Å². The number of hydrogen-bond acceptors (Lipinski definition) is 8. The Balaban J connectivity index is 1.70. The summed E-state index contributed by atoms with van der Waals surface area (Å²) in [5.74, 6) is -3.49. The topological polar surface area (TPSA) is 153 Å². The third-order valence-electron chi connectivity index (χ3n) is 4.93. The van der Waals surface area contributed by atoms with Crippen molar-refractivity contribution in [3.05, 3.63) is 59.7 Å². The predicted molar refractivity (Wildman–Crippen MR) is 120 cm³/mol. The molecule has 2 aromatic carbocycles. The Hall–Kier alpha value is -2.53. The van der Waals surface area contributed by atoms with Crippen LogP contribution < -0.4 is 11.5 Å². The first-order valence-electron chi connectivity index (χ1n) is 9.41. The molecule has 0 radical (unpaired) electrons. The van der Waals surface area contributed by atoms with Gasteiger partial charge >= 0.3 is 17.9 Å². The van der Waals surface area contributed by atoms with Crippen molar-refractivity contribution in [2.24, 2.45) is 11.5 Å². The lowest BCUT2D eigenvalue weighted by Crippen LogP contribution is -2.45.